The molecular formula is C31H34FN3O2S. The van der Waals surface area contributed by atoms with Gasteiger partial charge in [-0.05, 0) is 93.6 Å². The van der Waals surface area contributed by atoms with Crippen molar-refractivity contribution < 1.29 is 14.6 Å². The summed E-state index contributed by atoms with van der Waals surface area (Å²) >= 11 is 1.26. The van der Waals surface area contributed by atoms with Gasteiger partial charge < -0.3 is 15.1 Å². The van der Waals surface area contributed by atoms with E-state index in [1.54, 1.807) is 13.0 Å². The number of pyridine rings is 2. The number of aryl methyl sites for hydroxylation is 4. The lowest BCUT2D eigenvalue weighted by Gasteiger charge is -2.28. The maximum absolute atomic E-state index is 13.4. The molecule has 38 heavy (non-hydrogen) atoms. The zero-order valence-corrected chi connectivity index (χ0v) is 23.4. The summed E-state index contributed by atoms with van der Waals surface area (Å²) in [4.78, 5) is 11.7. The van der Waals surface area contributed by atoms with Crippen molar-refractivity contribution in [2.75, 3.05) is 11.4 Å². The maximum Gasteiger partial charge on any atom is 0.229 e. The summed E-state index contributed by atoms with van der Waals surface area (Å²) in [5.74, 6) is -0.657. The molecule has 0 saturated carbocycles. The molecule has 0 radical (unpaired) electrons. The van der Waals surface area contributed by atoms with Crippen molar-refractivity contribution in [2.24, 2.45) is 0 Å². The number of hydrogen-bond acceptors (Lipinski definition) is 6. The molecule has 2 aromatic carbocycles. The lowest BCUT2D eigenvalue weighted by atomic mass is 10.1. The van der Waals surface area contributed by atoms with E-state index in [4.69, 9.17) is 0 Å². The molecule has 0 aliphatic heterocycles. The number of benzene rings is 2. The van der Waals surface area contributed by atoms with Gasteiger partial charge in [0, 0.05) is 28.4 Å². The second-order valence-electron chi connectivity index (χ2n) is 9.50. The van der Waals surface area contributed by atoms with E-state index in [9.17, 15) is 14.6 Å². The third-order valence-electron chi connectivity index (χ3n) is 6.47. The van der Waals surface area contributed by atoms with Crippen LogP contribution in [0.3, 0.4) is 0 Å². The third-order valence-corrected chi connectivity index (χ3v) is 7.55. The molecule has 0 unspecified atom stereocenters. The Morgan fingerprint density at radius 1 is 0.895 bits per heavy atom. The molecule has 5 nitrogen and oxygen atoms in total. The molecule has 7 heteroatoms. The average molecular weight is 532 g/mol. The average Bonchev–Trinajstić information content (AvgIpc) is 2.87. The lowest BCUT2D eigenvalue weighted by Crippen LogP contribution is -2.19. The molecule has 0 spiro atoms. The molecule has 0 aliphatic carbocycles. The van der Waals surface area contributed by atoms with E-state index >= 15 is 0 Å². The Balaban J connectivity index is 1.74. The summed E-state index contributed by atoms with van der Waals surface area (Å²) in [6.45, 7) is 10.7. The van der Waals surface area contributed by atoms with Crippen molar-refractivity contribution in [2.45, 2.75) is 63.7 Å². The second kappa shape index (κ2) is 11.9. The number of hydrogen-bond donors (Lipinski definition) is 2. The fraction of sp³-hybridized carbons (Fsp3) is 0.290. The molecule has 2 heterocycles. The quantitative estimate of drug-likeness (QED) is 0.212. The summed E-state index contributed by atoms with van der Waals surface area (Å²) in [5, 5.41) is 22.5. The van der Waals surface area contributed by atoms with Crippen LogP contribution >= 0.6 is 11.8 Å². The van der Waals surface area contributed by atoms with Crippen molar-refractivity contribution in [3.63, 3.8) is 0 Å². The zero-order chi connectivity index (χ0) is 27.4. The van der Waals surface area contributed by atoms with Crippen molar-refractivity contribution in [3.8, 4) is 22.8 Å². The van der Waals surface area contributed by atoms with Crippen LogP contribution in [0.5, 0.6) is 11.6 Å². The first kappa shape index (κ1) is 27.5. The second-order valence-corrected chi connectivity index (χ2v) is 10.6. The molecule has 0 amide bonds. The number of aromatic hydroxyl groups is 2. The van der Waals surface area contributed by atoms with Gasteiger partial charge in [-0.3, -0.25) is 0 Å². The summed E-state index contributed by atoms with van der Waals surface area (Å²) in [6, 6.07) is 17.1. The zero-order valence-electron chi connectivity index (χ0n) is 22.5. The highest BCUT2D eigenvalue weighted by molar-refractivity contribution is 7.99. The predicted octanol–water partition coefficient (Wildman–Crippen LogP) is 8.27. The smallest absolute Gasteiger partial charge is 0.229 e. The van der Waals surface area contributed by atoms with Crippen LogP contribution in [0.4, 0.5) is 15.8 Å². The van der Waals surface area contributed by atoms with E-state index in [1.807, 2.05) is 31.2 Å². The first-order chi connectivity index (χ1) is 18.2. The summed E-state index contributed by atoms with van der Waals surface area (Å²) in [5.41, 5.74) is 6.95. The van der Waals surface area contributed by atoms with Crippen LogP contribution in [0.25, 0.3) is 11.1 Å². The van der Waals surface area contributed by atoms with E-state index in [1.165, 1.54) is 17.8 Å². The Hall–Kier alpha value is -3.58. The van der Waals surface area contributed by atoms with Gasteiger partial charge in [-0.15, -0.1) is 0 Å². The first-order valence-electron chi connectivity index (χ1n) is 12.9. The van der Waals surface area contributed by atoms with Crippen molar-refractivity contribution in [1.82, 2.24) is 9.97 Å². The van der Waals surface area contributed by atoms with Crippen molar-refractivity contribution >= 4 is 23.1 Å². The van der Waals surface area contributed by atoms with Crippen LogP contribution in [0.2, 0.25) is 0 Å². The highest BCUT2D eigenvalue weighted by atomic mass is 32.2. The molecule has 2 aromatic heterocycles. The summed E-state index contributed by atoms with van der Waals surface area (Å²) < 4.78 is 13.4. The van der Waals surface area contributed by atoms with E-state index in [0.717, 1.165) is 45.7 Å². The molecule has 4 aromatic rings. The van der Waals surface area contributed by atoms with Crippen molar-refractivity contribution in [1.29, 1.82) is 0 Å². The number of rotatable bonds is 9. The Bertz CT molecular complexity index is 1420. The largest absolute Gasteiger partial charge is 0.504 e. The fourth-order valence-corrected chi connectivity index (χ4v) is 5.55. The fourth-order valence-electron chi connectivity index (χ4n) is 4.71. The molecule has 0 aliphatic rings. The van der Waals surface area contributed by atoms with Crippen LogP contribution in [-0.4, -0.2) is 26.7 Å². The highest BCUT2D eigenvalue weighted by Crippen LogP contribution is 2.48. The number of unbranched alkanes of at least 4 members (excludes halogenated alkanes) is 1. The monoisotopic (exact) mass is 531 g/mol. The summed E-state index contributed by atoms with van der Waals surface area (Å²) in [6.07, 6.45) is 2.53. The van der Waals surface area contributed by atoms with E-state index < -0.39 is 5.95 Å². The number of nitrogens with zero attached hydrogens (tertiary/aromatic N) is 3. The SMILES string of the molecule is CCCCc1nc(O)c(Sc2ccc(-c3ccc(F)nc3C)cc2)c(O)c1N(CC)c1cc(C)cc(C)c1. The minimum Gasteiger partial charge on any atom is -0.504 e. The van der Waals surface area contributed by atoms with Crippen LogP contribution in [0, 0.1) is 26.7 Å². The molecule has 198 valence electrons. The van der Waals surface area contributed by atoms with Crippen LogP contribution < -0.4 is 4.90 Å². The topological polar surface area (TPSA) is 69.5 Å². The molecule has 0 saturated heterocycles. The minimum absolute atomic E-state index is 0.0252. The third kappa shape index (κ3) is 5.94. The van der Waals surface area contributed by atoms with Gasteiger partial charge in [0.1, 0.15) is 10.6 Å². The number of aromatic nitrogens is 2. The molecule has 0 bridgehead atoms. The number of anilines is 2. The van der Waals surface area contributed by atoms with Gasteiger partial charge in [-0.1, -0.05) is 43.3 Å². The van der Waals surface area contributed by atoms with Gasteiger partial charge >= 0.3 is 0 Å². The number of halogens is 1. The molecule has 0 atom stereocenters. The lowest BCUT2D eigenvalue weighted by molar-refractivity contribution is 0.409. The molecular weight excluding hydrogens is 497 g/mol. The van der Waals surface area contributed by atoms with Gasteiger partial charge in [-0.2, -0.15) is 4.39 Å². The molecule has 2 N–H and O–H groups in total. The maximum atomic E-state index is 13.4. The standard InChI is InChI=1S/C31H34FN3O2S/c1-6-8-9-26-28(35(7-2)23-17-19(3)16-20(4)18-23)29(36)30(31(37)34-26)38-24-12-10-22(11-13-24)25-14-15-27(32)33-21(25)5/h10-18H,6-9H2,1-5H3,(H2,34,36,37). The first-order valence-corrected chi connectivity index (χ1v) is 13.8. The van der Waals surface area contributed by atoms with Crippen LogP contribution in [-0.2, 0) is 6.42 Å². The van der Waals surface area contributed by atoms with Gasteiger partial charge in [0.25, 0.3) is 0 Å². The Kier molecular flexibility index (Phi) is 8.57. The van der Waals surface area contributed by atoms with Gasteiger partial charge in [0.2, 0.25) is 11.8 Å². The summed E-state index contributed by atoms with van der Waals surface area (Å²) in [7, 11) is 0. The molecule has 0 fully saturated rings. The predicted molar refractivity (Wildman–Crippen MR) is 153 cm³/mol. The van der Waals surface area contributed by atoms with E-state index in [0.29, 0.717) is 34.9 Å². The van der Waals surface area contributed by atoms with Crippen molar-refractivity contribution in [3.05, 3.63) is 83.1 Å². The van der Waals surface area contributed by atoms with E-state index in [2.05, 4.69) is 53.8 Å². The highest BCUT2D eigenvalue weighted by Gasteiger charge is 2.25. The normalized spacial score (nSPS) is 11.1. The van der Waals surface area contributed by atoms with Gasteiger partial charge in [-0.25, -0.2) is 9.97 Å². The minimum atomic E-state index is -0.503. The Labute approximate surface area is 228 Å². The van der Waals surface area contributed by atoms with E-state index in [-0.39, 0.29) is 11.6 Å². The van der Waals surface area contributed by atoms with Crippen LogP contribution in [0.15, 0.2) is 64.4 Å². The van der Waals surface area contributed by atoms with Gasteiger partial charge in [0.15, 0.2) is 5.75 Å². The Morgan fingerprint density at radius 2 is 1.58 bits per heavy atom. The van der Waals surface area contributed by atoms with Gasteiger partial charge in [0.05, 0.1) is 5.69 Å². The molecule has 4 rings (SSSR count). The van der Waals surface area contributed by atoms with Crippen LogP contribution in [0.1, 0.15) is 49.2 Å². The Morgan fingerprint density at radius 3 is 2.18 bits per heavy atom.